The minimum atomic E-state index is -4.77. The van der Waals surface area contributed by atoms with Crippen molar-refractivity contribution in [1.82, 2.24) is 4.90 Å². The maximum Gasteiger partial charge on any atom is 0.416 e. The Balaban J connectivity index is 1.80. The Morgan fingerprint density at radius 2 is 1.73 bits per heavy atom. The number of nitro benzene ring substituents is 1. The topological polar surface area (TPSA) is 90.5 Å². The van der Waals surface area contributed by atoms with E-state index in [2.05, 4.69) is 4.90 Å². The molecule has 1 saturated heterocycles. The van der Waals surface area contributed by atoms with Gasteiger partial charge in [-0.25, -0.2) is 0 Å². The highest BCUT2D eigenvalue weighted by molar-refractivity contribution is 5.88. The number of hydrogen-bond donors (Lipinski definition) is 0. The van der Waals surface area contributed by atoms with Crippen LogP contribution in [0.5, 0.6) is 0 Å². The molecule has 1 fully saturated rings. The Hall–Kier alpha value is -3.61. The van der Waals surface area contributed by atoms with E-state index < -0.39 is 34.2 Å². The van der Waals surface area contributed by atoms with Gasteiger partial charge in [0.2, 0.25) is 5.91 Å². The Bertz CT molecular complexity index is 981. The number of rotatable bonds is 4. The van der Waals surface area contributed by atoms with Gasteiger partial charge in [0.15, 0.2) is 5.92 Å². The molecule has 7 nitrogen and oxygen atoms in total. The summed E-state index contributed by atoms with van der Waals surface area (Å²) in [6.45, 7) is 1.59. The first kappa shape index (κ1) is 21.1. The van der Waals surface area contributed by atoms with Crippen LogP contribution in [0, 0.1) is 21.4 Å². The number of anilines is 1. The first-order chi connectivity index (χ1) is 14.2. The van der Waals surface area contributed by atoms with Gasteiger partial charge in [-0.15, -0.1) is 0 Å². The Morgan fingerprint density at radius 3 is 2.27 bits per heavy atom. The predicted octanol–water partition coefficient (Wildman–Crippen LogP) is 3.57. The lowest BCUT2D eigenvalue weighted by Crippen LogP contribution is -2.50. The lowest BCUT2D eigenvalue weighted by atomic mass is 9.95. The molecule has 3 rings (SSSR count). The third-order valence-electron chi connectivity index (χ3n) is 4.95. The molecular weight excluding hydrogens is 401 g/mol. The number of hydrogen-bond acceptors (Lipinski definition) is 5. The molecule has 156 valence electrons. The van der Waals surface area contributed by atoms with Gasteiger partial charge in [0.05, 0.1) is 22.1 Å². The molecule has 10 heteroatoms. The zero-order chi connectivity index (χ0) is 21.9. The van der Waals surface area contributed by atoms with Crippen LogP contribution < -0.4 is 4.90 Å². The molecule has 2 aromatic rings. The standard InChI is InChI=1S/C20H17F3N4O3/c21-20(22,23)14-6-7-16(18(12-14)27(29)30)17(13-24)19(28)26-10-8-25(9-11-26)15-4-2-1-3-5-15/h1-7,12,17H,8-11H2. The highest BCUT2D eigenvalue weighted by Crippen LogP contribution is 2.36. The van der Waals surface area contributed by atoms with Crippen molar-refractivity contribution in [3.8, 4) is 6.07 Å². The van der Waals surface area contributed by atoms with E-state index >= 15 is 0 Å². The normalized spacial score (nSPS) is 15.4. The Labute approximate surface area is 170 Å². The molecule has 1 atom stereocenters. The van der Waals surface area contributed by atoms with E-state index in [1.807, 2.05) is 30.3 Å². The fourth-order valence-corrected chi connectivity index (χ4v) is 3.39. The number of alkyl halides is 3. The molecule has 30 heavy (non-hydrogen) atoms. The van der Waals surface area contributed by atoms with E-state index in [9.17, 15) is 33.3 Å². The lowest BCUT2D eigenvalue weighted by molar-refractivity contribution is -0.385. The summed E-state index contributed by atoms with van der Waals surface area (Å²) in [6, 6.07) is 13.1. The van der Waals surface area contributed by atoms with Crippen molar-refractivity contribution >= 4 is 17.3 Å². The number of nitriles is 1. The Morgan fingerprint density at radius 1 is 1.10 bits per heavy atom. The molecule has 1 amide bonds. The van der Waals surface area contributed by atoms with Gasteiger partial charge < -0.3 is 9.80 Å². The van der Waals surface area contributed by atoms with Gasteiger partial charge in [0.25, 0.3) is 5.69 Å². The van der Waals surface area contributed by atoms with Crippen molar-refractivity contribution < 1.29 is 22.9 Å². The minimum absolute atomic E-state index is 0.292. The molecule has 2 aromatic carbocycles. The van der Waals surface area contributed by atoms with Gasteiger partial charge in [-0.1, -0.05) is 18.2 Å². The van der Waals surface area contributed by atoms with Crippen LogP contribution in [-0.2, 0) is 11.0 Å². The molecule has 1 unspecified atom stereocenters. The predicted molar refractivity (Wildman–Crippen MR) is 102 cm³/mol. The van der Waals surface area contributed by atoms with Crippen LogP contribution >= 0.6 is 0 Å². The molecule has 0 radical (unpaired) electrons. The SMILES string of the molecule is N#CC(C(=O)N1CCN(c2ccccc2)CC1)c1ccc(C(F)(F)F)cc1[N+](=O)[O-]. The number of nitro groups is 1. The van der Waals surface area contributed by atoms with Gasteiger partial charge in [0, 0.05) is 37.9 Å². The summed E-state index contributed by atoms with van der Waals surface area (Å²) in [5.41, 5.74) is -1.46. The van der Waals surface area contributed by atoms with Crippen LogP contribution in [0.1, 0.15) is 17.0 Å². The van der Waals surface area contributed by atoms with Crippen LogP contribution in [0.15, 0.2) is 48.5 Å². The van der Waals surface area contributed by atoms with E-state index in [1.165, 1.54) is 4.90 Å². The second kappa shape index (κ2) is 8.41. The maximum atomic E-state index is 12.9. The van der Waals surface area contributed by atoms with Crippen LogP contribution in [0.3, 0.4) is 0 Å². The highest BCUT2D eigenvalue weighted by Gasteiger charge is 2.37. The highest BCUT2D eigenvalue weighted by atomic mass is 19.4. The molecule has 0 aliphatic carbocycles. The smallest absolute Gasteiger partial charge is 0.368 e. The second-order valence-corrected chi connectivity index (χ2v) is 6.74. The molecular formula is C20H17F3N4O3. The third-order valence-corrected chi connectivity index (χ3v) is 4.95. The zero-order valence-electron chi connectivity index (χ0n) is 15.7. The van der Waals surface area contributed by atoms with E-state index in [0.717, 1.165) is 11.8 Å². The maximum absolute atomic E-state index is 12.9. The summed E-state index contributed by atoms with van der Waals surface area (Å²) >= 11 is 0. The van der Waals surface area contributed by atoms with Gasteiger partial charge in [-0.2, -0.15) is 18.4 Å². The summed E-state index contributed by atoms with van der Waals surface area (Å²) < 4.78 is 38.7. The minimum Gasteiger partial charge on any atom is -0.368 e. The van der Waals surface area contributed by atoms with Crippen molar-refractivity contribution in [2.24, 2.45) is 0 Å². The molecule has 0 bridgehead atoms. The van der Waals surface area contributed by atoms with Crippen molar-refractivity contribution in [3.05, 3.63) is 69.8 Å². The summed E-state index contributed by atoms with van der Waals surface area (Å²) in [5.74, 6) is -2.22. The number of halogens is 3. The van der Waals surface area contributed by atoms with E-state index in [0.29, 0.717) is 38.3 Å². The fourth-order valence-electron chi connectivity index (χ4n) is 3.39. The first-order valence-corrected chi connectivity index (χ1v) is 9.06. The van der Waals surface area contributed by atoms with Crippen LogP contribution in [0.2, 0.25) is 0 Å². The number of para-hydroxylation sites is 1. The molecule has 1 aliphatic heterocycles. The number of amides is 1. The molecule has 1 aliphatic rings. The van der Waals surface area contributed by atoms with Crippen molar-refractivity contribution in [3.63, 3.8) is 0 Å². The van der Waals surface area contributed by atoms with Crippen molar-refractivity contribution in [1.29, 1.82) is 5.26 Å². The lowest BCUT2D eigenvalue weighted by Gasteiger charge is -2.36. The van der Waals surface area contributed by atoms with E-state index in [-0.39, 0.29) is 5.56 Å². The molecule has 0 N–H and O–H groups in total. The summed E-state index contributed by atoms with van der Waals surface area (Å²) in [5, 5.41) is 20.8. The molecule has 0 aromatic heterocycles. The number of benzene rings is 2. The second-order valence-electron chi connectivity index (χ2n) is 6.74. The molecule has 1 heterocycles. The van der Waals surface area contributed by atoms with Crippen molar-refractivity contribution in [2.75, 3.05) is 31.1 Å². The van der Waals surface area contributed by atoms with Crippen LogP contribution in [-0.4, -0.2) is 41.9 Å². The number of piperazine rings is 1. The summed E-state index contributed by atoms with van der Waals surface area (Å²) in [4.78, 5) is 26.7. The van der Waals surface area contributed by atoms with Gasteiger partial charge in [-0.05, 0) is 24.3 Å². The first-order valence-electron chi connectivity index (χ1n) is 9.06. The quantitative estimate of drug-likeness (QED) is 0.559. The van der Waals surface area contributed by atoms with E-state index in [4.69, 9.17) is 0 Å². The van der Waals surface area contributed by atoms with E-state index in [1.54, 1.807) is 6.07 Å². The summed E-state index contributed by atoms with van der Waals surface area (Å²) in [7, 11) is 0. The Kier molecular flexibility index (Phi) is 5.91. The van der Waals surface area contributed by atoms with Gasteiger partial charge in [0.1, 0.15) is 0 Å². The van der Waals surface area contributed by atoms with Gasteiger partial charge in [-0.3, -0.25) is 14.9 Å². The van der Waals surface area contributed by atoms with Crippen LogP contribution in [0.4, 0.5) is 24.5 Å². The van der Waals surface area contributed by atoms with Gasteiger partial charge >= 0.3 is 6.18 Å². The summed E-state index contributed by atoms with van der Waals surface area (Å²) in [6.07, 6.45) is -4.77. The fraction of sp³-hybridized carbons (Fsp3) is 0.300. The van der Waals surface area contributed by atoms with Crippen LogP contribution in [0.25, 0.3) is 0 Å². The molecule has 0 spiro atoms. The number of carbonyl (C=O) groups is 1. The van der Waals surface area contributed by atoms with Crippen molar-refractivity contribution in [2.45, 2.75) is 12.1 Å². The third kappa shape index (κ3) is 4.35. The zero-order valence-corrected chi connectivity index (χ0v) is 15.7. The number of nitrogens with zero attached hydrogens (tertiary/aromatic N) is 4. The average Bonchev–Trinajstić information content (AvgIpc) is 2.74. The largest absolute Gasteiger partial charge is 0.416 e. The average molecular weight is 418 g/mol. The molecule has 0 saturated carbocycles. The number of carbonyl (C=O) groups excluding carboxylic acids is 1. The monoisotopic (exact) mass is 418 g/mol.